The third kappa shape index (κ3) is 0.623. The van der Waals surface area contributed by atoms with Gasteiger partial charge in [-0.2, -0.15) is 5.10 Å². The topological polar surface area (TPSA) is 55.9 Å². The van der Waals surface area contributed by atoms with Gasteiger partial charge in [-0.3, -0.25) is 0 Å². The highest BCUT2D eigenvalue weighted by atomic mass is 15.4. The van der Waals surface area contributed by atoms with E-state index in [-0.39, 0.29) is 0 Å². The van der Waals surface area contributed by atoms with Crippen LogP contribution in [0.2, 0.25) is 0 Å². The van der Waals surface area contributed by atoms with Crippen LogP contribution in [0, 0.1) is 0 Å². The molecule has 1 aromatic rings. The second-order valence-electron chi connectivity index (χ2n) is 2.37. The average molecular weight is 138 g/mol. The van der Waals surface area contributed by atoms with Crippen molar-refractivity contribution in [3.8, 4) is 0 Å². The van der Waals surface area contributed by atoms with E-state index < -0.39 is 0 Å². The first-order valence-corrected chi connectivity index (χ1v) is 3.40. The Morgan fingerprint density at radius 1 is 1.80 bits per heavy atom. The van der Waals surface area contributed by atoms with Gasteiger partial charge in [0.2, 0.25) is 0 Å². The maximum absolute atomic E-state index is 5.47. The predicted octanol–water partition coefficient (Wildman–Crippen LogP) is -0.233. The van der Waals surface area contributed by atoms with E-state index in [1.54, 1.807) is 0 Å². The third-order valence-electron chi connectivity index (χ3n) is 1.75. The van der Waals surface area contributed by atoms with Gasteiger partial charge in [0.05, 0.1) is 12.7 Å². The van der Waals surface area contributed by atoms with Crippen molar-refractivity contribution in [3.05, 3.63) is 11.8 Å². The van der Waals surface area contributed by atoms with Crippen molar-refractivity contribution in [1.29, 1.82) is 0 Å². The Hall–Kier alpha value is -1.03. The number of fused-ring (bicyclic) bond motifs is 1. The van der Waals surface area contributed by atoms with Crippen LogP contribution in [0.4, 0.5) is 5.82 Å². The zero-order valence-electron chi connectivity index (χ0n) is 5.67. The van der Waals surface area contributed by atoms with E-state index in [4.69, 9.17) is 5.73 Å². The smallest absolute Gasteiger partial charge is 0.128 e. The van der Waals surface area contributed by atoms with Crippen LogP contribution in [0.5, 0.6) is 0 Å². The van der Waals surface area contributed by atoms with E-state index in [0.29, 0.717) is 6.54 Å². The van der Waals surface area contributed by atoms with E-state index in [9.17, 15) is 0 Å². The van der Waals surface area contributed by atoms with Crippen LogP contribution in [0.15, 0.2) is 6.20 Å². The molecule has 0 aliphatic carbocycles. The zero-order valence-corrected chi connectivity index (χ0v) is 5.67. The minimum absolute atomic E-state index is 0.572. The van der Waals surface area contributed by atoms with Gasteiger partial charge in [-0.15, -0.1) is 0 Å². The molecule has 54 valence electrons. The number of anilines is 1. The van der Waals surface area contributed by atoms with Gasteiger partial charge in [0.25, 0.3) is 0 Å². The molecule has 0 unspecified atom stereocenters. The summed E-state index contributed by atoms with van der Waals surface area (Å²) in [5, 5.41) is 7.36. The second-order valence-corrected chi connectivity index (χ2v) is 2.37. The number of nitrogens with two attached hydrogens (primary N) is 1. The van der Waals surface area contributed by atoms with Gasteiger partial charge in [-0.25, -0.2) is 4.68 Å². The van der Waals surface area contributed by atoms with Crippen molar-refractivity contribution in [2.45, 2.75) is 13.1 Å². The Bertz CT molecular complexity index is 240. The average Bonchev–Trinajstić information content (AvgIpc) is 2.44. The van der Waals surface area contributed by atoms with Gasteiger partial charge in [-0.1, -0.05) is 0 Å². The van der Waals surface area contributed by atoms with Crippen molar-refractivity contribution < 1.29 is 0 Å². The monoisotopic (exact) mass is 138 g/mol. The van der Waals surface area contributed by atoms with Crippen LogP contribution >= 0.6 is 0 Å². The van der Waals surface area contributed by atoms with E-state index >= 15 is 0 Å². The van der Waals surface area contributed by atoms with Crippen molar-refractivity contribution in [1.82, 2.24) is 9.78 Å². The van der Waals surface area contributed by atoms with Crippen LogP contribution in [0.25, 0.3) is 0 Å². The summed E-state index contributed by atoms with van der Waals surface area (Å²) in [6.07, 6.45) is 1.82. The SMILES string of the molecule is NCc1cnn2c1NCC2. The Morgan fingerprint density at radius 3 is 3.50 bits per heavy atom. The van der Waals surface area contributed by atoms with Crippen LogP contribution in [-0.4, -0.2) is 16.3 Å². The molecule has 1 aliphatic heterocycles. The number of aromatic nitrogens is 2. The first-order valence-electron chi connectivity index (χ1n) is 3.40. The van der Waals surface area contributed by atoms with E-state index in [0.717, 1.165) is 24.5 Å². The van der Waals surface area contributed by atoms with Gasteiger partial charge >= 0.3 is 0 Å². The van der Waals surface area contributed by atoms with Crippen molar-refractivity contribution in [2.75, 3.05) is 11.9 Å². The Kier molecular flexibility index (Phi) is 1.14. The summed E-state index contributed by atoms with van der Waals surface area (Å²) in [4.78, 5) is 0. The number of nitrogens with zero attached hydrogens (tertiary/aromatic N) is 2. The van der Waals surface area contributed by atoms with Gasteiger partial charge in [0, 0.05) is 18.7 Å². The molecule has 0 spiro atoms. The number of nitrogens with one attached hydrogen (secondary N) is 1. The van der Waals surface area contributed by atoms with E-state index in [1.165, 1.54) is 0 Å². The first-order chi connectivity index (χ1) is 4.92. The summed E-state index contributed by atoms with van der Waals surface area (Å²) in [6, 6.07) is 0. The molecule has 0 fully saturated rings. The molecule has 0 aromatic carbocycles. The largest absolute Gasteiger partial charge is 0.368 e. The predicted molar refractivity (Wildman–Crippen MR) is 38.6 cm³/mol. The lowest BCUT2D eigenvalue weighted by Gasteiger charge is -1.95. The van der Waals surface area contributed by atoms with Gasteiger partial charge in [0.1, 0.15) is 5.82 Å². The molecule has 3 N–H and O–H groups in total. The number of hydrogen-bond acceptors (Lipinski definition) is 3. The highest BCUT2D eigenvalue weighted by Crippen LogP contribution is 2.17. The standard InChI is InChI=1S/C6H10N4/c7-3-5-4-9-10-2-1-8-6(5)10/h4,8H,1-3,7H2. The second kappa shape index (κ2) is 1.98. The number of hydrogen-bond donors (Lipinski definition) is 2. The molecule has 0 saturated carbocycles. The molecule has 2 rings (SSSR count). The van der Waals surface area contributed by atoms with E-state index in [2.05, 4.69) is 10.4 Å². The van der Waals surface area contributed by atoms with Crippen molar-refractivity contribution >= 4 is 5.82 Å². The lowest BCUT2D eigenvalue weighted by atomic mass is 10.3. The maximum atomic E-state index is 5.47. The molecule has 0 saturated heterocycles. The molecule has 4 heteroatoms. The zero-order chi connectivity index (χ0) is 6.97. The molecule has 10 heavy (non-hydrogen) atoms. The van der Waals surface area contributed by atoms with Crippen molar-refractivity contribution in [3.63, 3.8) is 0 Å². The van der Waals surface area contributed by atoms with Crippen LogP contribution in [0.3, 0.4) is 0 Å². The van der Waals surface area contributed by atoms with Crippen LogP contribution in [0.1, 0.15) is 5.56 Å². The highest BCUT2D eigenvalue weighted by molar-refractivity contribution is 5.46. The van der Waals surface area contributed by atoms with Crippen LogP contribution < -0.4 is 11.1 Å². The fourth-order valence-electron chi connectivity index (χ4n) is 1.23. The molecule has 2 heterocycles. The molecule has 0 amide bonds. The lowest BCUT2D eigenvalue weighted by molar-refractivity contribution is 0.696. The summed E-state index contributed by atoms with van der Waals surface area (Å²) in [6.45, 7) is 2.52. The van der Waals surface area contributed by atoms with Gasteiger partial charge in [-0.05, 0) is 0 Å². The summed E-state index contributed by atoms with van der Waals surface area (Å²) in [5.74, 6) is 1.10. The lowest BCUT2D eigenvalue weighted by Crippen LogP contribution is -1.99. The Balaban J connectivity index is 2.44. The Morgan fingerprint density at radius 2 is 2.70 bits per heavy atom. The van der Waals surface area contributed by atoms with Crippen molar-refractivity contribution in [2.24, 2.45) is 5.73 Å². The molecule has 0 radical (unpaired) electrons. The molecule has 4 nitrogen and oxygen atoms in total. The fraction of sp³-hybridized carbons (Fsp3) is 0.500. The summed E-state index contributed by atoms with van der Waals surface area (Å²) < 4.78 is 1.95. The summed E-state index contributed by atoms with van der Waals surface area (Å²) in [7, 11) is 0. The number of rotatable bonds is 1. The summed E-state index contributed by atoms with van der Waals surface area (Å²) in [5.41, 5.74) is 6.58. The van der Waals surface area contributed by atoms with Gasteiger partial charge < -0.3 is 11.1 Å². The minimum atomic E-state index is 0.572. The molecule has 0 atom stereocenters. The molecule has 1 aliphatic rings. The quantitative estimate of drug-likeness (QED) is 0.563. The molecular weight excluding hydrogens is 128 g/mol. The molecular formula is C6H10N4. The fourth-order valence-corrected chi connectivity index (χ4v) is 1.23. The van der Waals surface area contributed by atoms with E-state index in [1.807, 2.05) is 10.9 Å². The van der Waals surface area contributed by atoms with Gasteiger partial charge in [0.15, 0.2) is 0 Å². The first kappa shape index (κ1) is 5.73. The minimum Gasteiger partial charge on any atom is -0.368 e. The third-order valence-corrected chi connectivity index (χ3v) is 1.75. The summed E-state index contributed by atoms with van der Waals surface area (Å²) >= 11 is 0. The van der Waals surface area contributed by atoms with Crippen LogP contribution in [-0.2, 0) is 13.1 Å². The highest BCUT2D eigenvalue weighted by Gasteiger charge is 2.13. The normalized spacial score (nSPS) is 14.9. The Labute approximate surface area is 59.0 Å². The molecule has 0 bridgehead atoms. The maximum Gasteiger partial charge on any atom is 0.128 e. The molecule has 1 aromatic heterocycles.